The maximum absolute atomic E-state index is 13.3. The number of halogens is 1. The van der Waals surface area contributed by atoms with E-state index in [1.165, 1.54) is 17.8 Å². The maximum Gasteiger partial charge on any atom is 0.251 e. The van der Waals surface area contributed by atoms with Crippen molar-refractivity contribution >= 4 is 11.5 Å². The van der Waals surface area contributed by atoms with Gasteiger partial charge in [0.2, 0.25) is 0 Å². The molecule has 1 amide bonds. The van der Waals surface area contributed by atoms with Crippen LogP contribution >= 0.6 is 0 Å². The van der Waals surface area contributed by atoms with Crippen molar-refractivity contribution in [2.24, 2.45) is 0 Å². The van der Waals surface area contributed by atoms with Gasteiger partial charge < -0.3 is 10.1 Å². The maximum atomic E-state index is 13.3. The molecule has 5 heteroatoms. The second kappa shape index (κ2) is 8.74. The van der Waals surface area contributed by atoms with Gasteiger partial charge in [-0.05, 0) is 60.4 Å². The second-order valence-corrected chi connectivity index (χ2v) is 7.05. The van der Waals surface area contributed by atoms with Crippen molar-refractivity contribution in [2.75, 3.05) is 0 Å². The second-order valence-electron chi connectivity index (χ2n) is 7.05. The van der Waals surface area contributed by atoms with Gasteiger partial charge in [0, 0.05) is 23.9 Å². The van der Waals surface area contributed by atoms with Crippen molar-refractivity contribution in [1.29, 1.82) is 0 Å². The number of carbonyl (C=O) groups is 1. The van der Waals surface area contributed by atoms with Crippen molar-refractivity contribution in [3.8, 4) is 11.5 Å². The third kappa shape index (κ3) is 4.46. The molecule has 4 rings (SSSR count). The number of amides is 1. The van der Waals surface area contributed by atoms with Crippen molar-refractivity contribution < 1.29 is 13.9 Å². The molecule has 0 saturated carbocycles. The van der Waals surface area contributed by atoms with Gasteiger partial charge in [-0.2, -0.15) is 0 Å². The molecule has 150 valence electrons. The van der Waals surface area contributed by atoms with Crippen LogP contribution in [-0.4, -0.2) is 10.9 Å². The fraction of sp³-hybridized carbons (Fsp3) is 0.120. The molecule has 1 aromatic heterocycles. The lowest BCUT2D eigenvalue weighted by atomic mass is 10.1. The first-order valence-electron chi connectivity index (χ1n) is 9.72. The fourth-order valence-electron chi connectivity index (χ4n) is 3.34. The molecule has 0 aliphatic heterocycles. The lowest BCUT2D eigenvalue weighted by Gasteiger charge is -2.13. The zero-order chi connectivity index (χ0) is 20.9. The molecular formula is C25H21FN2O2. The molecular weight excluding hydrogens is 379 g/mol. The standard InChI is InChI=1S/C25H21FN2O2/c1-17-23(25(29)28-15-18-12-21(26)16-27-14-18)10-5-11-24(17)30-22-9-4-8-20(13-22)19-6-2-3-7-19/h2,4-14,16H,3,15H2,1H3,(H,28,29). The molecule has 4 nitrogen and oxygen atoms in total. The van der Waals surface area contributed by atoms with Gasteiger partial charge in [0.15, 0.2) is 0 Å². The van der Waals surface area contributed by atoms with Gasteiger partial charge in [0.05, 0.1) is 6.20 Å². The van der Waals surface area contributed by atoms with E-state index in [-0.39, 0.29) is 12.5 Å². The summed E-state index contributed by atoms with van der Waals surface area (Å²) in [4.78, 5) is 16.5. The van der Waals surface area contributed by atoms with E-state index in [4.69, 9.17) is 4.74 Å². The molecule has 3 aromatic rings. The summed E-state index contributed by atoms with van der Waals surface area (Å²) in [5.41, 5.74) is 4.11. The van der Waals surface area contributed by atoms with E-state index in [0.717, 1.165) is 23.7 Å². The summed E-state index contributed by atoms with van der Waals surface area (Å²) in [6.07, 6.45) is 9.99. The highest BCUT2D eigenvalue weighted by Crippen LogP contribution is 2.30. The first kappa shape index (κ1) is 19.6. The van der Waals surface area contributed by atoms with Crippen LogP contribution in [0.1, 0.15) is 33.5 Å². The number of benzene rings is 2. The average Bonchev–Trinajstić information content (AvgIpc) is 3.29. The monoisotopic (exact) mass is 400 g/mol. The number of nitrogens with one attached hydrogen (secondary N) is 1. The number of pyridine rings is 1. The van der Waals surface area contributed by atoms with Gasteiger partial charge in [-0.25, -0.2) is 4.39 Å². The summed E-state index contributed by atoms with van der Waals surface area (Å²) in [6.45, 7) is 2.04. The minimum Gasteiger partial charge on any atom is -0.457 e. The minimum absolute atomic E-state index is 0.193. The van der Waals surface area contributed by atoms with E-state index in [0.29, 0.717) is 22.6 Å². The number of nitrogens with zero attached hydrogens (tertiary/aromatic N) is 1. The fourth-order valence-corrected chi connectivity index (χ4v) is 3.34. The van der Waals surface area contributed by atoms with E-state index in [1.54, 1.807) is 12.1 Å². The molecule has 0 atom stereocenters. The normalized spacial score (nSPS) is 12.5. The zero-order valence-corrected chi connectivity index (χ0v) is 16.6. The largest absolute Gasteiger partial charge is 0.457 e. The Kier molecular flexibility index (Phi) is 5.70. The van der Waals surface area contributed by atoms with Crippen LogP contribution in [-0.2, 0) is 6.54 Å². The predicted molar refractivity (Wildman–Crippen MR) is 115 cm³/mol. The van der Waals surface area contributed by atoms with Gasteiger partial charge in [0.25, 0.3) is 5.91 Å². The molecule has 0 unspecified atom stereocenters. The molecule has 30 heavy (non-hydrogen) atoms. The number of aromatic nitrogens is 1. The highest BCUT2D eigenvalue weighted by molar-refractivity contribution is 5.96. The van der Waals surface area contributed by atoms with Crippen LogP contribution in [0.5, 0.6) is 11.5 Å². The molecule has 0 radical (unpaired) electrons. The molecule has 1 aliphatic rings. The third-order valence-electron chi connectivity index (χ3n) is 4.91. The molecule has 1 N–H and O–H groups in total. The summed E-state index contributed by atoms with van der Waals surface area (Å²) in [7, 11) is 0. The van der Waals surface area contributed by atoms with Gasteiger partial charge in [-0.1, -0.05) is 36.4 Å². The number of carbonyl (C=O) groups excluding carboxylic acids is 1. The zero-order valence-electron chi connectivity index (χ0n) is 16.6. The van der Waals surface area contributed by atoms with Crippen molar-refractivity contribution in [3.63, 3.8) is 0 Å². The number of hydrogen-bond acceptors (Lipinski definition) is 3. The first-order valence-corrected chi connectivity index (χ1v) is 9.72. The quantitative estimate of drug-likeness (QED) is 0.586. The average molecular weight is 400 g/mol. The van der Waals surface area contributed by atoms with Crippen LogP contribution < -0.4 is 10.1 Å². The molecule has 1 aliphatic carbocycles. The Morgan fingerprint density at radius 1 is 1.17 bits per heavy atom. The Morgan fingerprint density at radius 3 is 2.83 bits per heavy atom. The minimum atomic E-state index is -0.431. The third-order valence-corrected chi connectivity index (χ3v) is 4.91. The Bertz CT molecular complexity index is 1150. The van der Waals surface area contributed by atoms with Crippen LogP contribution in [0.2, 0.25) is 0 Å². The lowest BCUT2D eigenvalue weighted by molar-refractivity contribution is 0.0950. The molecule has 0 saturated heterocycles. The summed E-state index contributed by atoms with van der Waals surface area (Å²) >= 11 is 0. The van der Waals surface area contributed by atoms with E-state index in [9.17, 15) is 9.18 Å². The smallest absolute Gasteiger partial charge is 0.251 e. The van der Waals surface area contributed by atoms with E-state index < -0.39 is 5.82 Å². The molecule has 2 aromatic carbocycles. The summed E-state index contributed by atoms with van der Waals surface area (Å²) < 4.78 is 19.4. The number of ether oxygens (including phenoxy) is 1. The van der Waals surface area contributed by atoms with Crippen LogP contribution in [0, 0.1) is 12.7 Å². The summed E-state index contributed by atoms with van der Waals surface area (Å²) in [6, 6.07) is 14.6. The molecule has 1 heterocycles. The van der Waals surface area contributed by atoms with Crippen molar-refractivity contribution in [2.45, 2.75) is 19.9 Å². The number of hydrogen-bond donors (Lipinski definition) is 1. The molecule has 0 bridgehead atoms. The van der Waals surface area contributed by atoms with Crippen LogP contribution in [0.3, 0.4) is 0 Å². The first-order chi connectivity index (χ1) is 14.6. The Hall–Kier alpha value is -3.73. The van der Waals surface area contributed by atoms with Gasteiger partial charge in [-0.3, -0.25) is 9.78 Å². The molecule has 0 fully saturated rings. The van der Waals surface area contributed by atoms with Gasteiger partial charge >= 0.3 is 0 Å². The molecule has 0 spiro atoms. The van der Waals surface area contributed by atoms with E-state index >= 15 is 0 Å². The van der Waals surface area contributed by atoms with E-state index in [1.807, 2.05) is 37.3 Å². The highest BCUT2D eigenvalue weighted by atomic mass is 19.1. The van der Waals surface area contributed by atoms with E-state index in [2.05, 4.69) is 28.5 Å². The number of allylic oxidation sites excluding steroid dienone is 4. The summed E-state index contributed by atoms with van der Waals surface area (Å²) in [5, 5.41) is 2.80. The van der Waals surface area contributed by atoms with Crippen LogP contribution in [0.25, 0.3) is 5.57 Å². The SMILES string of the molecule is Cc1c(Oc2cccc(C3=CCC=C3)c2)cccc1C(=O)NCc1cncc(F)c1. The van der Waals surface area contributed by atoms with Gasteiger partial charge in [-0.15, -0.1) is 0 Å². The Balaban J connectivity index is 1.49. The lowest BCUT2D eigenvalue weighted by Crippen LogP contribution is -2.23. The predicted octanol–water partition coefficient (Wildman–Crippen LogP) is 5.59. The van der Waals surface area contributed by atoms with Crippen LogP contribution in [0.4, 0.5) is 4.39 Å². The van der Waals surface area contributed by atoms with Gasteiger partial charge in [0.1, 0.15) is 17.3 Å². The van der Waals surface area contributed by atoms with Crippen molar-refractivity contribution in [3.05, 3.63) is 107 Å². The Morgan fingerprint density at radius 2 is 2.03 bits per heavy atom. The Labute approximate surface area is 174 Å². The topological polar surface area (TPSA) is 51.2 Å². The summed E-state index contributed by atoms with van der Waals surface area (Å²) in [5.74, 6) is 0.639. The number of rotatable bonds is 6. The van der Waals surface area contributed by atoms with Crippen LogP contribution in [0.15, 0.2) is 79.2 Å². The highest BCUT2D eigenvalue weighted by Gasteiger charge is 2.13. The van der Waals surface area contributed by atoms with Crippen molar-refractivity contribution in [1.82, 2.24) is 10.3 Å².